The summed E-state index contributed by atoms with van der Waals surface area (Å²) in [6.45, 7) is 3.87. The molecule has 3 rings (SSSR count). The molecule has 0 aliphatic rings. The van der Waals surface area contributed by atoms with Crippen LogP contribution in [0, 0.1) is 6.92 Å². The summed E-state index contributed by atoms with van der Waals surface area (Å²) in [5.74, 6) is -0.201. The first-order chi connectivity index (χ1) is 10.1. The Bertz CT molecular complexity index is 823. The van der Waals surface area contributed by atoms with Gasteiger partial charge in [-0.3, -0.25) is 4.98 Å². The molecule has 21 heavy (non-hydrogen) atoms. The predicted molar refractivity (Wildman–Crippen MR) is 77.5 cm³/mol. The minimum atomic E-state index is -0.956. The first-order valence-electron chi connectivity index (χ1n) is 6.61. The number of aromatic nitrogens is 2. The molecule has 1 aromatic carbocycles. The maximum Gasteiger partial charge on any atom is 0.336 e. The molecule has 1 unspecified atom stereocenters. The van der Waals surface area contributed by atoms with E-state index in [0.717, 1.165) is 17.0 Å². The summed E-state index contributed by atoms with van der Waals surface area (Å²) < 4.78 is 5.29. The summed E-state index contributed by atoms with van der Waals surface area (Å²) in [6, 6.07) is 9.02. The van der Waals surface area contributed by atoms with E-state index >= 15 is 0 Å². The fourth-order valence-corrected chi connectivity index (χ4v) is 2.37. The van der Waals surface area contributed by atoms with Gasteiger partial charge in [0.05, 0.1) is 16.8 Å². The summed E-state index contributed by atoms with van der Waals surface area (Å²) in [5.41, 5.74) is 2.71. The number of hydrogen-bond donors (Lipinski definition) is 1. The zero-order chi connectivity index (χ0) is 15.0. The number of hydrogen-bond acceptors (Lipinski definition) is 4. The highest BCUT2D eigenvalue weighted by atomic mass is 16.5. The van der Waals surface area contributed by atoms with Crippen LogP contribution in [0.5, 0.6) is 0 Å². The second kappa shape index (κ2) is 5.01. The topological polar surface area (TPSA) is 76.2 Å². The van der Waals surface area contributed by atoms with Gasteiger partial charge in [-0.1, -0.05) is 18.1 Å². The fourth-order valence-electron chi connectivity index (χ4n) is 2.37. The van der Waals surface area contributed by atoms with Gasteiger partial charge in [0.15, 0.2) is 0 Å². The quantitative estimate of drug-likeness (QED) is 0.797. The van der Waals surface area contributed by atoms with Crippen molar-refractivity contribution in [2.45, 2.75) is 19.8 Å². The summed E-state index contributed by atoms with van der Waals surface area (Å²) in [7, 11) is 0. The number of carbonyl (C=O) groups is 1. The van der Waals surface area contributed by atoms with Gasteiger partial charge in [0.2, 0.25) is 0 Å². The summed E-state index contributed by atoms with van der Waals surface area (Å²) in [4.78, 5) is 15.5. The Kier molecular flexibility index (Phi) is 3.17. The molecule has 2 aromatic heterocycles. The molecule has 0 amide bonds. The third-order valence-corrected chi connectivity index (χ3v) is 3.57. The molecule has 0 aliphatic heterocycles. The summed E-state index contributed by atoms with van der Waals surface area (Å²) in [5, 5.41) is 13.8. The van der Waals surface area contributed by atoms with Gasteiger partial charge < -0.3 is 9.63 Å². The van der Waals surface area contributed by atoms with E-state index in [1.807, 2.05) is 38.1 Å². The minimum Gasteiger partial charge on any atom is -0.478 e. The van der Waals surface area contributed by atoms with Crippen molar-refractivity contribution in [2.24, 2.45) is 0 Å². The lowest BCUT2D eigenvalue weighted by molar-refractivity contribution is 0.0699. The number of carboxylic acids is 1. The summed E-state index contributed by atoms with van der Waals surface area (Å²) in [6.07, 6.45) is 1.51. The van der Waals surface area contributed by atoms with Crippen molar-refractivity contribution in [2.75, 3.05) is 0 Å². The highest BCUT2D eigenvalue weighted by molar-refractivity contribution is 6.02. The van der Waals surface area contributed by atoms with Crippen molar-refractivity contribution < 1.29 is 14.4 Å². The van der Waals surface area contributed by atoms with Crippen molar-refractivity contribution in [3.63, 3.8) is 0 Å². The lowest BCUT2D eigenvalue weighted by Crippen LogP contribution is -2.00. The van der Waals surface area contributed by atoms with E-state index in [0.29, 0.717) is 10.9 Å². The third-order valence-electron chi connectivity index (χ3n) is 3.57. The molecule has 0 saturated heterocycles. The van der Waals surface area contributed by atoms with Crippen LogP contribution in [0.15, 0.2) is 41.1 Å². The molecule has 0 bridgehead atoms. The molecule has 0 fully saturated rings. The maximum atomic E-state index is 11.3. The van der Waals surface area contributed by atoms with Crippen LogP contribution in [0.1, 0.15) is 40.2 Å². The second-order valence-corrected chi connectivity index (χ2v) is 5.03. The minimum absolute atomic E-state index is 0.00236. The first-order valence-corrected chi connectivity index (χ1v) is 6.61. The van der Waals surface area contributed by atoms with Crippen molar-refractivity contribution in [1.82, 2.24) is 10.1 Å². The number of rotatable bonds is 3. The van der Waals surface area contributed by atoms with Crippen LogP contribution in [0.2, 0.25) is 0 Å². The molecule has 0 saturated carbocycles. The van der Waals surface area contributed by atoms with Crippen LogP contribution in [0.4, 0.5) is 0 Å². The van der Waals surface area contributed by atoms with E-state index < -0.39 is 5.97 Å². The van der Waals surface area contributed by atoms with E-state index in [9.17, 15) is 9.90 Å². The third kappa shape index (κ3) is 2.38. The zero-order valence-electron chi connectivity index (χ0n) is 11.7. The molecular weight excluding hydrogens is 268 g/mol. The predicted octanol–water partition coefficient (Wildman–Crippen LogP) is 3.38. The van der Waals surface area contributed by atoms with Crippen molar-refractivity contribution in [3.05, 3.63) is 59.1 Å². The number of aryl methyl sites for hydroxylation is 1. The average Bonchev–Trinajstić information content (AvgIpc) is 2.91. The monoisotopic (exact) mass is 282 g/mol. The Morgan fingerprint density at radius 3 is 2.76 bits per heavy atom. The van der Waals surface area contributed by atoms with E-state index in [-0.39, 0.29) is 11.5 Å². The molecule has 0 spiro atoms. The van der Waals surface area contributed by atoms with Crippen molar-refractivity contribution >= 4 is 16.9 Å². The Hall–Kier alpha value is -2.69. The molecule has 1 N–H and O–H groups in total. The average molecular weight is 282 g/mol. The largest absolute Gasteiger partial charge is 0.478 e. The molecule has 3 aromatic rings. The van der Waals surface area contributed by atoms with Crippen LogP contribution < -0.4 is 0 Å². The van der Waals surface area contributed by atoms with Gasteiger partial charge in [0.1, 0.15) is 5.76 Å². The normalized spacial score (nSPS) is 12.5. The van der Waals surface area contributed by atoms with E-state index in [2.05, 4.69) is 10.1 Å². The highest BCUT2D eigenvalue weighted by Crippen LogP contribution is 2.28. The number of nitrogens with zero attached hydrogens (tertiary/aromatic N) is 2. The van der Waals surface area contributed by atoms with Gasteiger partial charge >= 0.3 is 5.97 Å². The molecule has 0 aliphatic carbocycles. The fraction of sp³-hybridized carbons (Fsp3) is 0.188. The van der Waals surface area contributed by atoms with Gasteiger partial charge in [-0.05, 0) is 30.7 Å². The van der Waals surface area contributed by atoms with Gasteiger partial charge in [-0.15, -0.1) is 0 Å². The van der Waals surface area contributed by atoms with Crippen LogP contribution in [0.25, 0.3) is 10.9 Å². The second-order valence-electron chi connectivity index (χ2n) is 5.03. The van der Waals surface area contributed by atoms with Gasteiger partial charge in [-0.2, -0.15) is 0 Å². The van der Waals surface area contributed by atoms with Crippen molar-refractivity contribution in [3.8, 4) is 0 Å². The number of carboxylic acid groups (broad SMARTS) is 1. The Morgan fingerprint density at radius 2 is 2.10 bits per heavy atom. The molecule has 106 valence electrons. The van der Waals surface area contributed by atoms with Crippen LogP contribution >= 0.6 is 0 Å². The van der Waals surface area contributed by atoms with E-state index in [1.165, 1.54) is 12.3 Å². The molecular formula is C16H14N2O3. The van der Waals surface area contributed by atoms with Crippen LogP contribution in [-0.2, 0) is 0 Å². The standard InChI is InChI=1S/C16H14N2O3/c1-9-7-15(21-18-9)10(2)11-3-4-14-13(8-11)12(16(19)20)5-6-17-14/h3-8,10H,1-2H3,(H,19,20). The zero-order valence-corrected chi connectivity index (χ0v) is 11.7. The van der Waals surface area contributed by atoms with E-state index in [4.69, 9.17) is 4.52 Å². The smallest absolute Gasteiger partial charge is 0.336 e. The Morgan fingerprint density at radius 1 is 1.29 bits per heavy atom. The molecule has 1 atom stereocenters. The number of pyridine rings is 1. The van der Waals surface area contributed by atoms with Crippen molar-refractivity contribution in [1.29, 1.82) is 0 Å². The SMILES string of the molecule is Cc1cc(C(C)c2ccc3nccc(C(=O)O)c3c2)on1. The van der Waals surface area contributed by atoms with E-state index in [1.54, 1.807) is 0 Å². The molecule has 0 radical (unpaired) electrons. The number of aromatic carboxylic acids is 1. The molecule has 2 heterocycles. The van der Waals surface area contributed by atoms with Gasteiger partial charge in [0, 0.05) is 23.6 Å². The lowest BCUT2D eigenvalue weighted by Gasteiger charge is -2.10. The first kappa shape index (κ1) is 13.3. The number of fused-ring (bicyclic) bond motifs is 1. The molecule has 5 nitrogen and oxygen atoms in total. The highest BCUT2D eigenvalue weighted by Gasteiger charge is 2.16. The lowest BCUT2D eigenvalue weighted by atomic mass is 9.95. The Balaban J connectivity index is 2.12. The van der Waals surface area contributed by atoms with Gasteiger partial charge in [0.25, 0.3) is 0 Å². The Labute approximate surface area is 121 Å². The maximum absolute atomic E-state index is 11.3. The molecule has 5 heteroatoms. The van der Waals surface area contributed by atoms with Crippen LogP contribution in [0.3, 0.4) is 0 Å². The van der Waals surface area contributed by atoms with Gasteiger partial charge in [-0.25, -0.2) is 4.79 Å². The number of benzene rings is 1. The summed E-state index contributed by atoms with van der Waals surface area (Å²) >= 11 is 0. The van der Waals surface area contributed by atoms with Crippen LogP contribution in [-0.4, -0.2) is 21.2 Å².